The van der Waals surface area contributed by atoms with E-state index in [0.29, 0.717) is 22.9 Å². The van der Waals surface area contributed by atoms with Crippen LogP contribution in [0.3, 0.4) is 0 Å². The molecule has 1 atom stereocenters. The number of carbonyl (C=O) groups excluding carboxylic acids is 1. The number of nitrogens with two attached hydrogens (primary N) is 1. The van der Waals surface area contributed by atoms with Crippen LogP contribution in [-0.2, 0) is 9.53 Å². The van der Waals surface area contributed by atoms with Crippen LogP contribution in [-0.4, -0.2) is 43.7 Å². The van der Waals surface area contributed by atoms with Crippen molar-refractivity contribution in [2.24, 2.45) is 0 Å². The van der Waals surface area contributed by atoms with E-state index in [1.165, 1.54) is 0 Å². The molecule has 1 fully saturated rings. The number of nitrogen functional groups attached to an aromatic ring is 1. The van der Waals surface area contributed by atoms with E-state index in [0.717, 1.165) is 25.9 Å². The molecule has 20 heavy (non-hydrogen) atoms. The first-order valence-electron chi connectivity index (χ1n) is 6.68. The van der Waals surface area contributed by atoms with Crippen molar-refractivity contribution in [3.05, 3.63) is 23.2 Å². The third-order valence-electron chi connectivity index (χ3n) is 3.44. The lowest BCUT2D eigenvalue weighted by Gasteiger charge is -2.31. The Morgan fingerprint density at radius 1 is 1.60 bits per heavy atom. The van der Waals surface area contributed by atoms with Crippen molar-refractivity contribution in [2.75, 3.05) is 37.8 Å². The zero-order chi connectivity index (χ0) is 14.5. The molecule has 1 heterocycles. The minimum atomic E-state index is -0.0523. The van der Waals surface area contributed by atoms with Gasteiger partial charge in [-0.1, -0.05) is 11.6 Å². The molecule has 1 aromatic rings. The van der Waals surface area contributed by atoms with E-state index in [2.05, 4.69) is 10.2 Å². The van der Waals surface area contributed by atoms with E-state index in [9.17, 15) is 4.79 Å². The SMILES string of the molecule is COC1CCCN(CC(=O)Nc2ccc(Cl)c(N)c2)C1. The maximum absolute atomic E-state index is 12.0. The lowest BCUT2D eigenvalue weighted by Crippen LogP contribution is -2.43. The van der Waals surface area contributed by atoms with Crippen LogP contribution in [0.2, 0.25) is 5.02 Å². The van der Waals surface area contributed by atoms with E-state index in [1.807, 2.05) is 0 Å². The van der Waals surface area contributed by atoms with E-state index in [1.54, 1.807) is 25.3 Å². The molecule has 0 bridgehead atoms. The summed E-state index contributed by atoms with van der Waals surface area (Å²) in [6, 6.07) is 5.08. The number of halogens is 1. The molecule has 1 aromatic carbocycles. The smallest absolute Gasteiger partial charge is 0.238 e. The summed E-state index contributed by atoms with van der Waals surface area (Å²) >= 11 is 5.84. The first kappa shape index (κ1) is 15.1. The van der Waals surface area contributed by atoms with Gasteiger partial charge in [0, 0.05) is 19.3 Å². The maximum Gasteiger partial charge on any atom is 0.238 e. The van der Waals surface area contributed by atoms with Gasteiger partial charge in [-0.05, 0) is 37.6 Å². The Morgan fingerprint density at radius 2 is 2.40 bits per heavy atom. The van der Waals surface area contributed by atoms with Crippen LogP contribution < -0.4 is 11.1 Å². The molecule has 6 heteroatoms. The molecular weight excluding hydrogens is 278 g/mol. The maximum atomic E-state index is 12.0. The second-order valence-corrected chi connectivity index (χ2v) is 5.43. The highest BCUT2D eigenvalue weighted by atomic mass is 35.5. The molecule has 0 radical (unpaired) electrons. The predicted octanol–water partition coefficient (Wildman–Crippen LogP) is 1.97. The standard InChI is InChI=1S/C14H20ClN3O2/c1-20-11-3-2-6-18(8-11)9-14(19)17-10-4-5-12(15)13(16)7-10/h4-5,7,11H,2-3,6,8-9,16H2,1H3,(H,17,19). The number of benzene rings is 1. The lowest BCUT2D eigenvalue weighted by atomic mass is 10.1. The van der Waals surface area contributed by atoms with Gasteiger partial charge in [0.15, 0.2) is 0 Å². The molecule has 1 aliphatic rings. The quantitative estimate of drug-likeness (QED) is 0.834. The number of nitrogens with one attached hydrogen (secondary N) is 1. The van der Waals surface area contributed by atoms with Gasteiger partial charge in [-0.3, -0.25) is 9.69 Å². The Morgan fingerprint density at radius 3 is 3.10 bits per heavy atom. The number of rotatable bonds is 4. The van der Waals surface area contributed by atoms with Crippen molar-refractivity contribution < 1.29 is 9.53 Å². The van der Waals surface area contributed by atoms with Crippen molar-refractivity contribution in [1.82, 2.24) is 4.90 Å². The number of piperidine rings is 1. The Bertz CT molecular complexity index is 481. The van der Waals surface area contributed by atoms with Gasteiger partial charge < -0.3 is 15.8 Å². The van der Waals surface area contributed by atoms with Gasteiger partial charge in [-0.15, -0.1) is 0 Å². The summed E-state index contributed by atoms with van der Waals surface area (Å²) in [4.78, 5) is 14.1. The molecule has 2 rings (SSSR count). The van der Waals surface area contributed by atoms with Gasteiger partial charge in [0.1, 0.15) is 0 Å². The molecule has 5 nitrogen and oxygen atoms in total. The first-order valence-corrected chi connectivity index (χ1v) is 7.06. The normalized spacial score (nSPS) is 19.8. The molecule has 0 aliphatic carbocycles. The summed E-state index contributed by atoms with van der Waals surface area (Å²) in [5, 5.41) is 3.32. The number of anilines is 2. The fraction of sp³-hybridized carbons (Fsp3) is 0.500. The number of ether oxygens (including phenoxy) is 1. The number of hydrogen-bond donors (Lipinski definition) is 2. The summed E-state index contributed by atoms with van der Waals surface area (Å²) in [5.41, 5.74) is 6.83. The van der Waals surface area contributed by atoms with Gasteiger partial charge in [-0.25, -0.2) is 0 Å². The van der Waals surface area contributed by atoms with Crippen molar-refractivity contribution in [1.29, 1.82) is 0 Å². The molecule has 1 saturated heterocycles. The molecule has 0 spiro atoms. The number of amides is 1. The number of carbonyl (C=O) groups is 1. The van der Waals surface area contributed by atoms with E-state index in [-0.39, 0.29) is 12.0 Å². The second kappa shape index (κ2) is 6.92. The van der Waals surface area contributed by atoms with Crippen molar-refractivity contribution in [3.63, 3.8) is 0 Å². The lowest BCUT2D eigenvalue weighted by molar-refractivity contribution is -0.118. The second-order valence-electron chi connectivity index (χ2n) is 5.02. The average molecular weight is 298 g/mol. The number of methoxy groups -OCH3 is 1. The zero-order valence-corrected chi connectivity index (χ0v) is 12.3. The van der Waals surface area contributed by atoms with Crippen LogP contribution in [0.1, 0.15) is 12.8 Å². The molecule has 1 aliphatic heterocycles. The van der Waals surface area contributed by atoms with Gasteiger partial charge in [0.05, 0.1) is 23.4 Å². The third kappa shape index (κ3) is 4.10. The molecule has 1 unspecified atom stereocenters. The van der Waals surface area contributed by atoms with Crippen molar-refractivity contribution >= 4 is 28.9 Å². The highest BCUT2D eigenvalue weighted by Crippen LogP contribution is 2.22. The van der Waals surface area contributed by atoms with Gasteiger partial charge in [0.25, 0.3) is 0 Å². The summed E-state index contributed by atoms with van der Waals surface area (Å²) < 4.78 is 5.35. The van der Waals surface area contributed by atoms with E-state index >= 15 is 0 Å². The Hall–Kier alpha value is -1.30. The molecule has 1 amide bonds. The third-order valence-corrected chi connectivity index (χ3v) is 3.79. The predicted molar refractivity (Wildman–Crippen MR) is 81.0 cm³/mol. The minimum Gasteiger partial charge on any atom is -0.397 e. The molecule has 110 valence electrons. The molecule has 0 saturated carbocycles. The molecule has 3 N–H and O–H groups in total. The van der Waals surface area contributed by atoms with Gasteiger partial charge in [-0.2, -0.15) is 0 Å². The largest absolute Gasteiger partial charge is 0.397 e. The van der Waals surface area contributed by atoms with Crippen LogP contribution in [0.15, 0.2) is 18.2 Å². The number of nitrogens with zero attached hydrogens (tertiary/aromatic N) is 1. The summed E-state index contributed by atoms with van der Waals surface area (Å²) in [6.45, 7) is 2.09. The Kier molecular flexibility index (Phi) is 5.23. The zero-order valence-electron chi connectivity index (χ0n) is 11.6. The van der Waals surface area contributed by atoms with E-state index < -0.39 is 0 Å². The van der Waals surface area contributed by atoms with Crippen LogP contribution in [0.5, 0.6) is 0 Å². The van der Waals surface area contributed by atoms with Crippen molar-refractivity contribution in [3.8, 4) is 0 Å². The van der Waals surface area contributed by atoms with Crippen LogP contribution in [0.25, 0.3) is 0 Å². The fourth-order valence-corrected chi connectivity index (χ4v) is 2.49. The number of hydrogen-bond acceptors (Lipinski definition) is 4. The monoisotopic (exact) mass is 297 g/mol. The fourth-order valence-electron chi connectivity index (χ4n) is 2.37. The van der Waals surface area contributed by atoms with Crippen molar-refractivity contribution in [2.45, 2.75) is 18.9 Å². The topological polar surface area (TPSA) is 67.6 Å². The highest BCUT2D eigenvalue weighted by molar-refractivity contribution is 6.33. The summed E-state index contributed by atoms with van der Waals surface area (Å²) in [7, 11) is 1.71. The highest BCUT2D eigenvalue weighted by Gasteiger charge is 2.21. The van der Waals surface area contributed by atoms with E-state index in [4.69, 9.17) is 22.1 Å². The summed E-state index contributed by atoms with van der Waals surface area (Å²) in [5.74, 6) is -0.0523. The van der Waals surface area contributed by atoms with Gasteiger partial charge in [0.2, 0.25) is 5.91 Å². The Labute approximate surface area is 124 Å². The molecular formula is C14H20ClN3O2. The van der Waals surface area contributed by atoms with Crippen LogP contribution >= 0.6 is 11.6 Å². The van der Waals surface area contributed by atoms with Crippen LogP contribution in [0, 0.1) is 0 Å². The Balaban J connectivity index is 1.87. The number of likely N-dealkylation sites (tertiary alicyclic amines) is 1. The van der Waals surface area contributed by atoms with Gasteiger partial charge >= 0.3 is 0 Å². The minimum absolute atomic E-state index is 0.0523. The summed E-state index contributed by atoms with van der Waals surface area (Å²) in [6.07, 6.45) is 2.34. The first-order chi connectivity index (χ1) is 9.58. The average Bonchev–Trinajstić information content (AvgIpc) is 2.43. The molecule has 0 aromatic heterocycles. The van der Waals surface area contributed by atoms with Crippen LogP contribution in [0.4, 0.5) is 11.4 Å².